The first kappa shape index (κ1) is 17.7. The summed E-state index contributed by atoms with van der Waals surface area (Å²) in [7, 11) is 0. The lowest BCUT2D eigenvalue weighted by molar-refractivity contribution is -0.123. The quantitative estimate of drug-likeness (QED) is 0.872. The Hall–Kier alpha value is -1.13. The van der Waals surface area contributed by atoms with Crippen molar-refractivity contribution in [2.75, 3.05) is 6.54 Å². The van der Waals surface area contributed by atoms with Crippen molar-refractivity contribution in [3.05, 3.63) is 35.6 Å². The van der Waals surface area contributed by atoms with E-state index in [-0.39, 0.29) is 35.6 Å². The summed E-state index contributed by atoms with van der Waals surface area (Å²) in [5.41, 5.74) is 1.18. The number of hydrogen-bond acceptors (Lipinski definition) is 2. The van der Waals surface area contributed by atoms with Crippen LogP contribution in [0.2, 0.25) is 0 Å². The summed E-state index contributed by atoms with van der Waals surface area (Å²) in [6.07, 6.45) is 8.21. The Bertz CT molecular complexity index is 574. The van der Waals surface area contributed by atoms with Crippen LogP contribution in [0.1, 0.15) is 50.5 Å². The molecule has 24 heavy (non-hydrogen) atoms. The molecule has 0 bridgehead atoms. The predicted octanol–water partition coefficient (Wildman–Crippen LogP) is 3.32. The molecule has 5 heteroatoms. The summed E-state index contributed by atoms with van der Waals surface area (Å²) in [4.78, 5) is 12.5. The van der Waals surface area contributed by atoms with Crippen molar-refractivity contribution in [2.45, 2.75) is 62.4 Å². The maximum Gasteiger partial charge on any atom is 0.237 e. The van der Waals surface area contributed by atoms with Crippen LogP contribution in [-0.4, -0.2) is 24.5 Å². The molecule has 3 unspecified atom stereocenters. The number of rotatable bonds is 4. The van der Waals surface area contributed by atoms with Crippen molar-refractivity contribution < 1.29 is 9.18 Å². The van der Waals surface area contributed by atoms with Crippen LogP contribution in [0.3, 0.4) is 0 Å². The van der Waals surface area contributed by atoms with Crippen LogP contribution in [0.5, 0.6) is 0 Å². The van der Waals surface area contributed by atoms with Crippen molar-refractivity contribution in [1.29, 1.82) is 0 Å². The minimum Gasteiger partial charge on any atom is -0.354 e. The smallest absolute Gasteiger partial charge is 0.237 e. The molecule has 1 amide bonds. The van der Waals surface area contributed by atoms with Gasteiger partial charge in [-0.25, -0.2) is 4.39 Å². The van der Waals surface area contributed by atoms with E-state index >= 15 is 0 Å². The zero-order chi connectivity index (χ0) is 15.9. The lowest BCUT2D eigenvalue weighted by Crippen LogP contribution is -2.45. The number of amides is 1. The highest BCUT2D eigenvalue weighted by Gasteiger charge is 2.45. The maximum absolute atomic E-state index is 13.1. The monoisotopic (exact) mass is 352 g/mol. The van der Waals surface area contributed by atoms with E-state index in [1.54, 1.807) is 0 Å². The van der Waals surface area contributed by atoms with Gasteiger partial charge in [-0.2, -0.15) is 0 Å². The molecule has 4 rings (SSSR count). The van der Waals surface area contributed by atoms with E-state index in [4.69, 9.17) is 0 Å². The van der Waals surface area contributed by atoms with Gasteiger partial charge in [0.15, 0.2) is 0 Å². The van der Waals surface area contributed by atoms with Crippen molar-refractivity contribution in [2.24, 2.45) is 5.92 Å². The largest absolute Gasteiger partial charge is 0.354 e. The second-order valence-corrected chi connectivity index (χ2v) is 7.61. The average Bonchev–Trinajstić information content (AvgIpc) is 3.23. The van der Waals surface area contributed by atoms with Gasteiger partial charge >= 0.3 is 0 Å². The summed E-state index contributed by atoms with van der Waals surface area (Å²) in [6.45, 7) is 0.672. The van der Waals surface area contributed by atoms with E-state index < -0.39 is 0 Å². The summed E-state index contributed by atoms with van der Waals surface area (Å²) < 4.78 is 13.1. The highest BCUT2D eigenvalue weighted by atomic mass is 35.5. The Morgan fingerprint density at radius 1 is 1.21 bits per heavy atom. The van der Waals surface area contributed by atoms with Gasteiger partial charge in [0.1, 0.15) is 5.82 Å². The van der Waals surface area contributed by atoms with E-state index in [2.05, 4.69) is 10.6 Å². The number of halogens is 2. The third-order valence-corrected chi connectivity index (χ3v) is 6.09. The standard InChI is InChI=1S/C19H25FN2O.ClH/c20-15-7-5-14(6-8-15)19(9-10-19)12-21-18(23)17-11-13-3-1-2-4-16(13)22-17;/h5-8,13,16-17,22H,1-4,9-12H2,(H,21,23);1H. The highest BCUT2D eigenvalue weighted by molar-refractivity contribution is 5.85. The molecule has 0 spiro atoms. The van der Waals surface area contributed by atoms with Gasteiger partial charge in [0, 0.05) is 18.0 Å². The first-order valence-corrected chi connectivity index (χ1v) is 8.96. The van der Waals surface area contributed by atoms with E-state index in [0.29, 0.717) is 18.5 Å². The molecule has 3 atom stereocenters. The van der Waals surface area contributed by atoms with Gasteiger partial charge in [-0.1, -0.05) is 25.0 Å². The van der Waals surface area contributed by atoms with Crippen molar-refractivity contribution in [3.63, 3.8) is 0 Å². The maximum atomic E-state index is 13.1. The first-order valence-electron chi connectivity index (χ1n) is 8.96. The Kier molecular flexibility index (Phi) is 5.16. The van der Waals surface area contributed by atoms with Crippen molar-refractivity contribution >= 4 is 18.3 Å². The SMILES string of the molecule is Cl.O=C(NCC1(c2ccc(F)cc2)CC1)C1CC2CCCCC2N1. The summed E-state index contributed by atoms with van der Waals surface area (Å²) >= 11 is 0. The zero-order valence-electron chi connectivity index (χ0n) is 13.9. The summed E-state index contributed by atoms with van der Waals surface area (Å²) in [5, 5.41) is 6.69. The van der Waals surface area contributed by atoms with E-state index in [1.807, 2.05) is 12.1 Å². The van der Waals surface area contributed by atoms with Gasteiger partial charge in [0.2, 0.25) is 5.91 Å². The van der Waals surface area contributed by atoms with Crippen LogP contribution in [0.25, 0.3) is 0 Å². The molecule has 3 aliphatic rings. The molecule has 1 heterocycles. The molecule has 1 aliphatic heterocycles. The van der Waals surface area contributed by atoms with Gasteiger partial charge in [-0.15, -0.1) is 12.4 Å². The highest BCUT2D eigenvalue weighted by Crippen LogP contribution is 2.47. The molecule has 3 fully saturated rings. The lowest BCUT2D eigenvalue weighted by Gasteiger charge is -2.24. The predicted molar refractivity (Wildman–Crippen MR) is 94.9 cm³/mol. The van der Waals surface area contributed by atoms with E-state index in [1.165, 1.54) is 37.8 Å². The fourth-order valence-corrected chi connectivity index (χ4v) is 4.42. The molecule has 1 aromatic carbocycles. The number of nitrogens with one attached hydrogen (secondary N) is 2. The first-order chi connectivity index (χ1) is 11.2. The number of fused-ring (bicyclic) bond motifs is 1. The minimum absolute atomic E-state index is 0. The minimum atomic E-state index is -0.202. The van der Waals surface area contributed by atoms with Crippen molar-refractivity contribution in [1.82, 2.24) is 10.6 Å². The molecule has 0 radical (unpaired) electrons. The van der Waals surface area contributed by atoms with Gasteiger partial charge in [0.25, 0.3) is 0 Å². The Labute approximate surface area is 149 Å². The topological polar surface area (TPSA) is 41.1 Å². The van der Waals surface area contributed by atoms with Gasteiger partial charge in [-0.3, -0.25) is 4.79 Å². The molecule has 0 aromatic heterocycles. The van der Waals surface area contributed by atoms with Gasteiger partial charge in [0.05, 0.1) is 6.04 Å². The number of hydrogen-bond donors (Lipinski definition) is 2. The molecular weight excluding hydrogens is 327 g/mol. The van der Waals surface area contributed by atoms with Crippen LogP contribution in [-0.2, 0) is 10.2 Å². The Morgan fingerprint density at radius 2 is 1.92 bits per heavy atom. The molecule has 1 aromatic rings. The number of carbonyl (C=O) groups is 1. The molecule has 1 saturated heterocycles. The average molecular weight is 353 g/mol. The third-order valence-electron chi connectivity index (χ3n) is 6.09. The fraction of sp³-hybridized carbons (Fsp3) is 0.632. The summed E-state index contributed by atoms with van der Waals surface area (Å²) in [6, 6.07) is 7.27. The fourth-order valence-electron chi connectivity index (χ4n) is 4.42. The lowest BCUT2D eigenvalue weighted by atomic mass is 9.85. The number of carbonyl (C=O) groups excluding carboxylic acids is 1. The number of benzene rings is 1. The zero-order valence-corrected chi connectivity index (χ0v) is 14.7. The Balaban J connectivity index is 0.00000169. The second kappa shape index (κ2) is 7.01. The molecular formula is C19H26ClFN2O. The van der Waals surface area contributed by atoms with Crippen LogP contribution < -0.4 is 10.6 Å². The molecule has 3 nitrogen and oxygen atoms in total. The third kappa shape index (κ3) is 3.45. The van der Waals surface area contributed by atoms with Crippen LogP contribution in [0.4, 0.5) is 4.39 Å². The molecule has 2 N–H and O–H groups in total. The van der Waals surface area contributed by atoms with Crippen molar-refractivity contribution in [3.8, 4) is 0 Å². The van der Waals surface area contributed by atoms with Gasteiger partial charge < -0.3 is 10.6 Å². The van der Waals surface area contributed by atoms with Gasteiger partial charge in [-0.05, 0) is 55.7 Å². The van der Waals surface area contributed by atoms with Crippen LogP contribution in [0.15, 0.2) is 24.3 Å². The molecule has 132 valence electrons. The van der Waals surface area contributed by atoms with E-state index in [0.717, 1.165) is 24.8 Å². The molecule has 2 saturated carbocycles. The Morgan fingerprint density at radius 3 is 2.58 bits per heavy atom. The van der Waals surface area contributed by atoms with Crippen LogP contribution in [0, 0.1) is 11.7 Å². The normalized spacial score (nSPS) is 30.1. The van der Waals surface area contributed by atoms with Crippen LogP contribution >= 0.6 is 12.4 Å². The summed E-state index contributed by atoms with van der Waals surface area (Å²) in [5.74, 6) is 0.630. The second-order valence-electron chi connectivity index (χ2n) is 7.61. The molecule has 2 aliphatic carbocycles. The van der Waals surface area contributed by atoms with E-state index in [9.17, 15) is 9.18 Å².